The van der Waals surface area contributed by atoms with Gasteiger partial charge in [0, 0.05) is 32.8 Å². The molecule has 1 aromatic carbocycles. The number of ether oxygens (including phenoxy) is 1. The highest BCUT2D eigenvalue weighted by molar-refractivity contribution is 6.34. The van der Waals surface area contributed by atoms with E-state index in [0.717, 1.165) is 12.8 Å². The van der Waals surface area contributed by atoms with Crippen molar-refractivity contribution in [3.05, 3.63) is 54.6 Å². The second-order valence-corrected chi connectivity index (χ2v) is 11.0. The highest BCUT2D eigenvalue weighted by Gasteiger charge is 2.74. The lowest BCUT2D eigenvalue weighted by molar-refractivity contribution is -0.145. The Kier molecular flexibility index (Phi) is 9.51. The van der Waals surface area contributed by atoms with Crippen molar-refractivity contribution in [1.29, 1.82) is 0 Å². The molecule has 5 atom stereocenters. The number of anilines is 1. The number of benzene rings is 1. The molecule has 39 heavy (non-hydrogen) atoms. The molecule has 3 amide bonds. The third-order valence-electron chi connectivity index (χ3n) is 8.25. The lowest BCUT2D eigenvalue weighted by Crippen LogP contribution is -2.56. The van der Waals surface area contributed by atoms with Crippen LogP contribution < -0.4 is 4.90 Å². The van der Waals surface area contributed by atoms with Crippen LogP contribution in [0.5, 0.6) is 0 Å². The zero-order chi connectivity index (χ0) is 28.2. The molecular weight excluding hydrogens is 518 g/mol. The van der Waals surface area contributed by atoms with Gasteiger partial charge in [0.1, 0.15) is 11.6 Å². The number of fused-ring (bicyclic) bond motifs is 1. The fraction of sp³-hybridized carbons (Fsp3) is 0.567. The number of nitrogens with zero attached hydrogens (tertiary/aromatic N) is 3. The van der Waals surface area contributed by atoms with Crippen LogP contribution in [0, 0.1) is 11.8 Å². The number of carbonyl (C=O) groups is 3. The summed E-state index contributed by atoms with van der Waals surface area (Å²) >= 11 is 6.51. The number of carbonyl (C=O) groups excluding carboxylic acids is 3. The molecule has 0 aliphatic carbocycles. The fourth-order valence-corrected chi connectivity index (χ4v) is 6.95. The van der Waals surface area contributed by atoms with Gasteiger partial charge in [-0.15, -0.1) is 13.2 Å². The first-order valence-corrected chi connectivity index (χ1v) is 14.4. The van der Waals surface area contributed by atoms with Gasteiger partial charge in [-0.2, -0.15) is 0 Å². The Morgan fingerprint density at radius 2 is 1.92 bits per heavy atom. The van der Waals surface area contributed by atoms with E-state index >= 15 is 0 Å². The predicted octanol–water partition coefficient (Wildman–Crippen LogP) is 3.82. The third kappa shape index (κ3) is 5.26. The van der Waals surface area contributed by atoms with Gasteiger partial charge >= 0.3 is 0 Å². The van der Waals surface area contributed by atoms with E-state index in [-0.39, 0.29) is 30.9 Å². The van der Waals surface area contributed by atoms with E-state index in [1.54, 1.807) is 45.1 Å². The number of halogens is 1. The first kappa shape index (κ1) is 29.3. The van der Waals surface area contributed by atoms with Crippen LogP contribution in [0.3, 0.4) is 0 Å². The van der Waals surface area contributed by atoms with Crippen LogP contribution in [0.4, 0.5) is 5.69 Å². The average Bonchev–Trinajstić information content (AvgIpc) is 3.57. The summed E-state index contributed by atoms with van der Waals surface area (Å²) < 4.78 is 6.60. The lowest BCUT2D eigenvalue weighted by atomic mass is 9.70. The molecule has 1 spiro atoms. The largest absolute Gasteiger partial charge is 0.396 e. The average molecular weight is 558 g/mol. The Hall–Kier alpha value is -2.68. The first-order chi connectivity index (χ1) is 18.9. The highest BCUT2D eigenvalue weighted by atomic mass is 35.5. The summed E-state index contributed by atoms with van der Waals surface area (Å²) in [6.07, 6.45) is 6.82. The van der Waals surface area contributed by atoms with Crippen LogP contribution in [-0.2, 0) is 19.1 Å². The molecule has 9 heteroatoms. The normalized spacial score (nSPS) is 26.9. The second kappa shape index (κ2) is 12.7. The molecule has 3 aliphatic heterocycles. The van der Waals surface area contributed by atoms with Crippen LogP contribution in [0.25, 0.3) is 0 Å². The Labute approximate surface area is 236 Å². The van der Waals surface area contributed by atoms with Gasteiger partial charge in [0.15, 0.2) is 0 Å². The Morgan fingerprint density at radius 3 is 2.59 bits per heavy atom. The number of likely N-dealkylation sites (tertiary alicyclic amines) is 1. The summed E-state index contributed by atoms with van der Waals surface area (Å²) in [4.78, 5) is 47.5. The first-order valence-electron chi connectivity index (χ1n) is 14.0. The van der Waals surface area contributed by atoms with Crippen molar-refractivity contribution in [2.45, 2.75) is 63.2 Å². The number of para-hydroxylation sites is 1. The highest BCUT2D eigenvalue weighted by Crippen LogP contribution is 2.59. The smallest absolute Gasteiger partial charge is 0.253 e. The van der Waals surface area contributed by atoms with Crippen molar-refractivity contribution in [2.24, 2.45) is 11.8 Å². The van der Waals surface area contributed by atoms with Crippen molar-refractivity contribution in [2.75, 3.05) is 37.7 Å². The number of hydrogen-bond donors (Lipinski definition) is 1. The van der Waals surface area contributed by atoms with E-state index in [2.05, 4.69) is 13.2 Å². The van der Waals surface area contributed by atoms with Crippen LogP contribution in [-0.4, -0.2) is 83.2 Å². The van der Waals surface area contributed by atoms with Gasteiger partial charge in [-0.25, -0.2) is 0 Å². The molecule has 0 saturated carbocycles. The summed E-state index contributed by atoms with van der Waals surface area (Å²) in [5.41, 5.74) is -0.542. The number of aliphatic hydroxyl groups is 1. The maximum absolute atomic E-state index is 14.5. The molecule has 3 fully saturated rings. The molecule has 1 aromatic rings. The van der Waals surface area contributed by atoms with Crippen LogP contribution in [0.2, 0.25) is 5.02 Å². The molecule has 1 N–H and O–H groups in total. The zero-order valence-corrected chi connectivity index (χ0v) is 23.5. The fourth-order valence-electron chi connectivity index (χ4n) is 6.71. The van der Waals surface area contributed by atoms with E-state index in [9.17, 15) is 19.5 Å². The van der Waals surface area contributed by atoms with Gasteiger partial charge in [-0.1, -0.05) is 42.8 Å². The SMILES string of the molecule is C=CCN(CCC)C(=O)[C@@H]1[C@H]2C(=O)N(CCCCCO)C(C(=O)N(CC=C)c3ccccc3Cl)C23CC[C@H]1O3. The van der Waals surface area contributed by atoms with E-state index in [4.69, 9.17) is 16.3 Å². The predicted molar refractivity (Wildman–Crippen MR) is 151 cm³/mol. The Bertz CT molecular complexity index is 1100. The number of unbranched alkanes of at least 4 members (excludes halogenated alkanes) is 2. The summed E-state index contributed by atoms with van der Waals surface area (Å²) in [6.45, 7) is 11.2. The molecule has 2 unspecified atom stereocenters. The molecular formula is C30H40ClN3O5. The van der Waals surface area contributed by atoms with Crippen LogP contribution >= 0.6 is 11.6 Å². The monoisotopic (exact) mass is 557 g/mol. The van der Waals surface area contributed by atoms with Crippen molar-refractivity contribution in [1.82, 2.24) is 9.80 Å². The van der Waals surface area contributed by atoms with Gasteiger partial charge < -0.3 is 24.5 Å². The number of rotatable bonds is 14. The third-order valence-corrected chi connectivity index (χ3v) is 8.57. The molecule has 3 saturated heterocycles. The van der Waals surface area contributed by atoms with Gasteiger partial charge in [-0.3, -0.25) is 14.4 Å². The van der Waals surface area contributed by atoms with Gasteiger partial charge in [-0.05, 0) is 50.7 Å². The molecule has 4 rings (SSSR count). The maximum atomic E-state index is 14.5. The Balaban J connectivity index is 1.74. The topological polar surface area (TPSA) is 90.4 Å². The molecule has 3 heterocycles. The summed E-state index contributed by atoms with van der Waals surface area (Å²) in [5.74, 6) is -1.96. The minimum atomic E-state index is -1.08. The van der Waals surface area contributed by atoms with E-state index in [0.29, 0.717) is 56.0 Å². The lowest BCUT2D eigenvalue weighted by Gasteiger charge is -2.37. The van der Waals surface area contributed by atoms with E-state index in [1.165, 1.54) is 0 Å². The number of amides is 3. The molecule has 2 bridgehead atoms. The quantitative estimate of drug-likeness (QED) is 0.277. The molecule has 8 nitrogen and oxygen atoms in total. The van der Waals surface area contributed by atoms with Crippen molar-refractivity contribution >= 4 is 35.0 Å². The minimum absolute atomic E-state index is 0.0699. The second-order valence-electron chi connectivity index (χ2n) is 10.6. The summed E-state index contributed by atoms with van der Waals surface area (Å²) in [5, 5.41) is 9.67. The van der Waals surface area contributed by atoms with Gasteiger partial charge in [0.25, 0.3) is 5.91 Å². The van der Waals surface area contributed by atoms with Crippen molar-refractivity contribution in [3.8, 4) is 0 Å². The standard InChI is InChI=1S/C30H40ClN3O5/c1-4-16-32(17-5-2)27(36)24-23-14-15-30(39-23)25(24)28(37)34(19-10-7-11-20-35)26(30)29(38)33(18-6-3)22-13-9-8-12-21(22)31/h4,6,8-9,12-13,23-26,35H,1,3,5,7,10-11,14-20H2,2H3/t23-,24+,25+,26?,30?/m1/s1. The maximum Gasteiger partial charge on any atom is 0.253 e. The van der Waals surface area contributed by atoms with Gasteiger partial charge in [0.05, 0.1) is 28.6 Å². The summed E-state index contributed by atoms with van der Waals surface area (Å²) in [6, 6.07) is 6.22. The van der Waals surface area contributed by atoms with Crippen LogP contribution in [0.1, 0.15) is 45.4 Å². The molecule has 3 aliphatic rings. The van der Waals surface area contributed by atoms with E-state index in [1.807, 2.05) is 13.0 Å². The minimum Gasteiger partial charge on any atom is -0.396 e. The van der Waals surface area contributed by atoms with Crippen molar-refractivity contribution < 1.29 is 24.2 Å². The Morgan fingerprint density at radius 1 is 1.18 bits per heavy atom. The summed E-state index contributed by atoms with van der Waals surface area (Å²) in [7, 11) is 0. The number of hydrogen-bond acceptors (Lipinski definition) is 5. The zero-order valence-electron chi connectivity index (χ0n) is 22.8. The molecule has 212 valence electrons. The number of aliphatic hydroxyl groups excluding tert-OH is 1. The molecule has 0 radical (unpaired) electrons. The van der Waals surface area contributed by atoms with Crippen LogP contribution in [0.15, 0.2) is 49.6 Å². The van der Waals surface area contributed by atoms with E-state index < -0.39 is 29.6 Å². The van der Waals surface area contributed by atoms with Crippen molar-refractivity contribution in [3.63, 3.8) is 0 Å². The van der Waals surface area contributed by atoms with Gasteiger partial charge in [0.2, 0.25) is 11.8 Å². The molecule has 0 aromatic heterocycles.